The second-order valence-corrected chi connectivity index (χ2v) is 1.50. The Morgan fingerprint density at radius 2 is 1.64 bits per heavy atom. The summed E-state index contributed by atoms with van der Waals surface area (Å²) in [7, 11) is 0. The van der Waals surface area contributed by atoms with E-state index in [0.29, 0.717) is 0 Å². The number of urea groups is 1. The SMILES string of the molecule is NNC(=O)NN.c1cc[nH]c1. The highest BCUT2D eigenvalue weighted by atomic mass is 16.2. The smallest absolute Gasteiger partial charge is 0.343 e. The van der Waals surface area contributed by atoms with E-state index in [2.05, 4.69) is 16.7 Å². The van der Waals surface area contributed by atoms with Crippen LogP contribution in [0.15, 0.2) is 24.5 Å². The molecule has 0 radical (unpaired) electrons. The average Bonchev–Trinajstić information content (AvgIpc) is 2.60. The number of aromatic nitrogens is 1. The van der Waals surface area contributed by atoms with Crippen LogP contribution in [-0.2, 0) is 0 Å². The molecule has 0 fully saturated rings. The van der Waals surface area contributed by atoms with Gasteiger partial charge in [-0.2, -0.15) is 0 Å². The molecule has 1 aromatic heterocycles. The van der Waals surface area contributed by atoms with E-state index >= 15 is 0 Å². The maximum atomic E-state index is 9.71. The molecule has 0 spiro atoms. The number of carbonyl (C=O) groups excluding carboxylic acids is 1. The monoisotopic (exact) mass is 157 g/mol. The topological polar surface area (TPSA) is 109 Å². The summed E-state index contributed by atoms with van der Waals surface area (Å²) in [6.07, 6.45) is 3.75. The fourth-order valence-electron chi connectivity index (χ4n) is 0.319. The average molecular weight is 157 g/mol. The standard InChI is InChI=1S/C4H5N.CH6N4O/c1-2-4-5-3-1;2-4-1(6)5-3/h1-5H;2-3H2,(H2,4,5,6). The highest BCUT2D eigenvalue weighted by Gasteiger charge is 1.83. The summed E-state index contributed by atoms with van der Waals surface area (Å²) in [5, 5.41) is 0. The van der Waals surface area contributed by atoms with Crippen molar-refractivity contribution in [3.63, 3.8) is 0 Å². The van der Waals surface area contributed by atoms with Gasteiger partial charge < -0.3 is 4.98 Å². The number of rotatable bonds is 0. The molecule has 11 heavy (non-hydrogen) atoms. The molecule has 6 heteroatoms. The third-order valence-electron chi connectivity index (χ3n) is 0.758. The quantitative estimate of drug-likeness (QED) is 0.190. The molecule has 7 N–H and O–H groups in total. The minimum Gasteiger partial charge on any atom is -0.368 e. The molecule has 0 aliphatic heterocycles. The number of nitrogens with two attached hydrogens (primary N) is 2. The summed E-state index contributed by atoms with van der Waals surface area (Å²) in [5.41, 5.74) is 3.48. The van der Waals surface area contributed by atoms with Crippen molar-refractivity contribution in [2.24, 2.45) is 11.7 Å². The van der Waals surface area contributed by atoms with E-state index < -0.39 is 6.03 Å². The summed E-state index contributed by atoms with van der Waals surface area (Å²) in [6.45, 7) is 0. The van der Waals surface area contributed by atoms with Gasteiger partial charge in [0.15, 0.2) is 0 Å². The predicted molar refractivity (Wildman–Crippen MR) is 40.8 cm³/mol. The first-order chi connectivity index (χ1) is 5.31. The maximum Gasteiger partial charge on any atom is 0.343 e. The number of carbonyl (C=O) groups is 1. The minimum atomic E-state index is -0.602. The first kappa shape index (κ1) is 9.47. The van der Waals surface area contributed by atoms with Gasteiger partial charge in [0, 0.05) is 12.4 Å². The summed E-state index contributed by atoms with van der Waals surface area (Å²) >= 11 is 0. The van der Waals surface area contributed by atoms with Gasteiger partial charge in [-0.05, 0) is 12.1 Å². The molecular weight excluding hydrogens is 146 g/mol. The largest absolute Gasteiger partial charge is 0.368 e. The van der Waals surface area contributed by atoms with E-state index in [9.17, 15) is 4.79 Å². The Kier molecular flexibility index (Phi) is 5.67. The second kappa shape index (κ2) is 6.59. The molecule has 0 atom stereocenters. The molecular formula is C5H11N5O. The van der Waals surface area contributed by atoms with Crippen LogP contribution in [0.5, 0.6) is 0 Å². The minimum absolute atomic E-state index is 0.602. The number of hydrazine groups is 2. The van der Waals surface area contributed by atoms with Gasteiger partial charge >= 0.3 is 6.03 Å². The molecule has 2 amide bonds. The third-order valence-corrected chi connectivity index (χ3v) is 0.758. The lowest BCUT2D eigenvalue weighted by atomic mass is 10.7. The molecule has 0 aromatic carbocycles. The zero-order valence-corrected chi connectivity index (χ0v) is 5.87. The number of aromatic amines is 1. The van der Waals surface area contributed by atoms with Crippen LogP contribution in [0.4, 0.5) is 4.79 Å². The Balaban J connectivity index is 0.000000183. The van der Waals surface area contributed by atoms with Crippen molar-refractivity contribution in [3.8, 4) is 0 Å². The highest BCUT2D eigenvalue weighted by molar-refractivity contribution is 5.72. The molecule has 62 valence electrons. The predicted octanol–water partition coefficient (Wildman–Crippen LogP) is -0.952. The van der Waals surface area contributed by atoms with E-state index in [4.69, 9.17) is 0 Å². The zero-order chi connectivity index (χ0) is 8.53. The number of amides is 2. The fraction of sp³-hybridized carbons (Fsp3) is 0. The first-order valence-corrected chi connectivity index (χ1v) is 2.86. The van der Waals surface area contributed by atoms with Crippen molar-refractivity contribution in [1.29, 1.82) is 0 Å². The molecule has 0 bridgehead atoms. The van der Waals surface area contributed by atoms with Crippen molar-refractivity contribution in [1.82, 2.24) is 15.8 Å². The molecule has 1 heterocycles. The van der Waals surface area contributed by atoms with Crippen molar-refractivity contribution in [2.75, 3.05) is 0 Å². The fourth-order valence-corrected chi connectivity index (χ4v) is 0.319. The van der Waals surface area contributed by atoms with Crippen molar-refractivity contribution in [3.05, 3.63) is 24.5 Å². The van der Waals surface area contributed by atoms with E-state index in [0.717, 1.165) is 0 Å². The Bertz CT molecular complexity index is 150. The van der Waals surface area contributed by atoms with Crippen LogP contribution in [0.2, 0.25) is 0 Å². The van der Waals surface area contributed by atoms with E-state index in [1.807, 2.05) is 24.5 Å². The van der Waals surface area contributed by atoms with Crippen LogP contribution in [0.1, 0.15) is 0 Å². The van der Waals surface area contributed by atoms with E-state index in [-0.39, 0.29) is 0 Å². The van der Waals surface area contributed by atoms with E-state index in [1.165, 1.54) is 0 Å². The Hall–Kier alpha value is -1.53. The molecule has 1 aromatic rings. The van der Waals surface area contributed by atoms with Crippen LogP contribution >= 0.6 is 0 Å². The van der Waals surface area contributed by atoms with Gasteiger partial charge in [0.05, 0.1) is 0 Å². The van der Waals surface area contributed by atoms with Gasteiger partial charge in [-0.15, -0.1) is 0 Å². The van der Waals surface area contributed by atoms with Crippen molar-refractivity contribution in [2.45, 2.75) is 0 Å². The van der Waals surface area contributed by atoms with Crippen LogP contribution in [-0.4, -0.2) is 11.0 Å². The molecule has 0 saturated carbocycles. The lowest BCUT2D eigenvalue weighted by Crippen LogP contribution is -2.43. The Morgan fingerprint density at radius 1 is 1.18 bits per heavy atom. The lowest BCUT2D eigenvalue weighted by Gasteiger charge is -1.90. The summed E-state index contributed by atoms with van der Waals surface area (Å²) in [4.78, 5) is 12.6. The van der Waals surface area contributed by atoms with E-state index in [1.54, 1.807) is 10.9 Å². The van der Waals surface area contributed by atoms with Gasteiger partial charge in [0.2, 0.25) is 0 Å². The molecule has 0 aliphatic rings. The number of H-pyrrole nitrogens is 1. The highest BCUT2D eigenvalue weighted by Crippen LogP contribution is 1.72. The normalized spacial score (nSPS) is 7.45. The lowest BCUT2D eigenvalue weighted by molar-refractivity contribution is 0.241. The molecule has 6 nitrogen and oxygen atoms in total. The number of hydrogen-bond acceptors (Lipinski definition) is 3. The summed E-state index contributed by atoms with van der Waals surface area (Å²) in [5.74, 6) is 9.08. The van der Waals surface area contributed by atoms with Crippen molar-refractivity contribution < 1.29 is 4.79 Å². The van der Waals surface area contributed by atoms with Gasteiger partial charge in [-0.3, -0.25) is 10.9 Å². The molecule has 0 saturated heterocycles. The molecule has 0 aliphatic carbocycles. The molecule has 0 unspecified atom stereocenters. The van der Waals surface area contributed by atoms with Gasteiger partial charge in [-0.25, -0.2) is 16.5 Å². The number of nitrogens with one attached hydrogen (secondary N) is 3. The number of hydrogen-bond donors (Lipinski definition) is 5. The van der Waals surface area contributed by atoms with Crippen LogP contribution in [0, 0.1) is 0 Å². The second-order valence-electron chi connectivity index (χ2n) is 1.50. The maximum absolute atomic E-state index is 9.71. The summed E-state index contributed by atoms with van der Waals surface area (Å²) < 4.78 is 0. The third kappa shape index (κ3) is 6.35. The molecule has 1 rings (SSSR count). The van der Waals surface area contributed by atoms with Gasteiger partial charge in [0.1, 0.15) is 0 Å². The van der Waals surface area contributed by atoms with Crippen LogP contribution in [0.3, 0.4) is 0 Å². The Labute approximate surface area is 63.9 Å². The zero-order valence-electron chi connectivity index (χ0n) is 5.87. The van der Waals surface area contributed by atoms with Crippen LogP contribution < -0.4 is 22.5 Å². The van der Waals surface area contributed by atoms with Crippen LogP contribution in [0.25, 0.3) is 0 Å². The Morgan fingerprint density at radius 3 is 1.73 bits per heavy atom. The first-order valence-electron chi connectivity index (χ1n) is 2.86. The van der Waals surface area contributed by atoms with Gasteiger partial charge in [0.25, 0.3) is 0 Å². The van der Waals surface area contributed by atoms with Gasteiger partial charge in [-0.1, -0.05) is 0 Å². The van der Waals surface area contributed by atoms with Crippen molar-refractivity contribution >= 4 is 6.03 Å². The summed E-state index contributed by atoms with van der Waals surface area (Å²) in [6, 6.07) is 3.29.